The first kappa shape index (κ1) is 12.4. The molecule has 0 saturated carbocycles. The highest BCUT2D eigenvalue weighted by Crippen LogP contribution is 2.25. The Balaban J connectivity index is 2.20. The van der Waals surface area contributed by atoms with Gasteiger partial charge in [0, 0.05) is 12.6 Å². The largest absolute Gasteiger partial charge is 0.326 e. The monoisotopic (exact) mass is 247 g/mol. The molecule has 2 rings (SSSR count). The lowest BCUT2D eigenvalue weighted by Crippen LogP contribution is -2.33. The zero-order valence-electron chi connectivity index (χ0n) is 10.8. The van der Waals surface area contributed by atoms with Crippen molar-refractivity contribution in [1.82, 2.24) is 5.43 Å². The predicted octanol–water partition coefficient (Wildman–Crippen LogP) is 1.44. The molecular weight excluding hydrogens is 230 g/mol. The molecule has 1 fully saturated rings. The van der Waals surface area contributed by atoms with Crippen molar-refractivity contribution in [2.24, 2.45) is 5.92 Å². The highest BCUT2D eigenvalue weighted by atomic mass is 16.2. The second-order valence-electron chi connectivity index (χ2n) is 4.67. The molecule has 2 N–H and O–H groups in total. The van der Waals surface area contributed by atoms with E-state index in [0.29, 0.717) is 6.54 Å². The molecule has 0 radical (unpaired) electrons. The second kappa shape index (κ2) is 4.68. The van der Waals surface area contributed by atoms with Crippen molar-refractivity contribution in [2.75, 3.05) is 16.9 Å². The predicted molar refractivity (Wildman–Crippen MR) is 70.1 cm³/mol. The maximum atomic E-state index is 11.5. The summed E-state index contributed by atoms with van der Waals surface area (Å²) in [4.78, 5) is 22.4. The average Bonchev–Trinajstić information content (AvgIpc) is 2.58. The molecule has 5 nitrogen and oxygen atoms in total. The molecule has 1 unspecified atom stereocenters. The quantitative estimate of drug-likeness (QED) is 0.831. The van der Waals surface area contributed by atoms with Crippen LogP contribution in [0.15, 0.2) is 18.2 Å². The van der Waals surface area contributed by atoms with Gasteiger partial charge in [-0.2, -0.15) is 0 Å². The van der Waals surface area contributed by atoms with E-state index in [-0.39, 0.29) is 17.7 Å². The molecule has 0 bridgehead atoms. The van der Waals surface area contributed by atoms with E-state index in [9.17, 15) is 9.59 Å². The summed E-state index contributed by atoms with van der Waals surface area (Å²) < 4.78 is 0. The number of nitrogens with zero attached hydrogens (tertiary/aromatic N) is 1. The van der Waals surface area contributed by atoms with Gasteiger partial charge < -0.3 is 5.32 Å². The van der Waals surface area contributed by atoms with E-state index < -0.39 is 0 Å². The summed E-state index contributed by atoms with van der Waals surface area (Å²) in [5.74, 6) is -0.0509. The molecule has 0 aliphatic carbocycles. The van der Waals surface area contributed by atoms with Crippen LogP contribution >= 0.6 is 0 Å². The Hall–Kier alpha value is -2.04. The lowest BCUT2D eigenvalue weighted by atomic mass is 10.1. The maximum absolute atomic E-state index is 11.5. The molecule has 1 aliphatic heterocycles. The first-order valence-electron chi connectivity index (χ1n) is 5.93. The highest BCUT2D eigenvalue weighted by Gasteiger charge is 2.27. The van der Waals surface area contributed by atoms with Crippen molar-refractivity contribution in [3.05, 3.63) is 23.8 Å². The van der Waals surface area contributed by atoms with Gasteiger partial charge in [0.05, 0.1) is 18.2 Å². The number of benzene rings is 1. The number of hydrogen-bond donors (Lipinski definition) is 2. The van der Waals surface area contributed by atoms with Crippen LogP contribution in [0.4, 0.5) is 11.4 Å². The first-order chi connectivity index (χ1) is 8.47. The van der Waals surface area contributed by atoms with Crippen molar-refractivity contribution in [2.45, 2.75) is 20.8 Å². The van der Waals surface area contributed by atoms with Gasteiger partial charge >= 0.3 is 0 Å². The zero-order chi connectivity index (χ0) is 13.3. The minimum atomic E-state index is -0.0924. The molecule has 1 aromatic rings. The van der Waals surface area contributed by atoms with E-state index in [1.54, 1.807) is 0 Å². The number of aryl methyl sites for hydroxylation is 1. The lowest BCUT2D eigenvalue weighted by molar-refractivity contribution is -0.121. The lowest BCUT2D eigenvalue weighted by Gasteiger charge is -2.20. The Kier molecular flexibility index (Phi) is 3.23. The molecule has 1 saturated heterocycles. The Morgan fingerprint density at radius 3 is 2.72 bits per heavy atom. The van der Waals surface area contributed by atoms with Gasteiger partial charge in [-0.25, -0.2) is 0 Å². The Bertz CT molecular complexity index is 499. The van der Waals surface area contributed by atoms with Crippen LogP contribution in [0.2, 0.25) is 0 Å². The minimum absolute atomic E-state index is 0.000536. The normalized spacial score (nSPS) is 18.7. The third-order valence-corrected chi connectivity index (χ3v) is 2.96. The van der Waals surface area contributed by atoms with Crippen LogP contribution < -0.4 is 15.8 Å². The average molecular weight is 247 g/mol. The number of amides is 2. The van der Waals surface area contributed by atoms with Crippen LogP contribution in [0.1, 0.15) is 19.4 Å². The molecule has 1 heterocycles. The zero-order valence-corrected chi connectivity index (χ0v) is 10.8. The van der Waals surface area contributed by atoms with Gasteiger partial charge in [-0.05, 0) is 30.7 Å². The fourth-order valence-electron chi connectivity index (χ4n) is 2.04. The second-order valence-corrected chi connectivity index (χ2v) is 4.67. The van der Waals surface area contributed by atoms with Crippen molar-refractivity contribution in [3.8, 4) is 0 Å². The molecule has 0 aromatic heterocycles. The van der Waals surface area contributed by atoms with E-state index in [2.05, 4.69) is 10.7 Å². The summed E-state index contributed by atoms with van der Waals surface area (Å²) in [6.07, 6.45) is 0. The topological polar surface area (TPSA) is 61.4 Å². The van der Waals surface area contributed by atoms with Crippen molar-refractivity contribution in [3.63, 3.8) is 0 Å². The molecule has 96 valence electrons. The van der Waals surface area contributed by atoms with Crippen molar-refractivity contribution >= 4 is 23.2 Å². The third-order valence-electron chi connectivity index (χ3n) is 2.96. The SMILES string of the molecule is CC(=O)Nc1ccc(N2CC(C)C(=O)N2)c(C)c1. The van der Waals surface area contributed by atoms with Gasteiger partial charge in [-0.15, -0.1) is 0 Å². The number of carbonyl (C=O) groups is 2. The number of carbonyl (C=O) groups excluding carboxylic acids is 2. The van der Waals surface area contributed by atoms with E-state index in [1.807, 2.05) is 37.1 Å². The van der Waals surface area contributed by atoms with Crippen molar-refractivity contribution < 1.29 is 9.59 Å². The standard InChI is InChI=1S/C13H17N3O2/c1-8-6-11(14-10(3)17)4-5-12(8)16-7-9(2)13(18)15-16/h4-6,9H,7H2,1-3H3,(H,14,17)(H,15,18). The van der Waals surface area contributed by atoms with E-state index in [1.165, 1.54) is 6.92 Å². The number of hydrogen-bond acceptors (Lipinski definition) is 3. The summed E-state index contributed by atoms with van der Waals surface area (Å²) in [7, 11) is 0. The Labute approximate surface area is 106 Å². The van der Waals surface area contributed by atoms with Gasteiger partial charge in [0.2, 0.25) is 11.8 Å². The van der Waals surface area contributed by atoms with E-state index >= 15 is 0 Å². The smallest absolute Gasteiger partial charge is 0.243 e. The van der Waals surface area contributed by atoms with Gasteiger partial charge in [0.15, 0.2) is 0 Å². The molecule has 1 atom stereocenters. The molecule has 2 amide bonds. The minimum Gasteiger partial charge on any atom is -0.326 e. The van der Waals surface area contributed by atoms with Gasteiger partial charge in [0.1, 0.15) is 0 Å². The van der Waals surface area contributed by atoms with Crippen LogP contribution in [-0.2, 0) is 9.59 Å². The third kappa shape index (κ3) is 2.45. The fourth-order valence-corrected chi connectivity index (χ4v) is 2.04. The van der Waals surface area contributed by atoms with Crippen LogP contribution in [0.3, 0.4) is 0 Å². The Morgan fingerprint density at radius 1 is 1.50 bits per heavy atom. The van der Waals surface area contributed by atoms with Crippen LogP contribution in [0.5, 0.6) is 0 Å². The van der Waals surface area contributed by atoms with Crippen LogP contribution in [0.25, 0.3) is 0 Å². The number of nitrogens with one attached hydrogen (secondary N) is 2. The summed E-state index contributed by atoms with van der Waals surface area (Å²) >= 11 is 0. The molecule has 1 aliphatic rings. The van der Waals surface area contributed by atoms with Crippen LogP contribution in [-0.4, -0.2) is 18.4 Å². The summed E-state index contributed by atoms with van der Waals surface area (Å²) in [6.45, 7) is 6.00. The Morgan fingerprint density at radius 2 is 2.22 bits per heavy atom. The molecule has 5 heteroatoms. The fraction of sp³-hybridized carbons (Fsp3) is 0.385. The summed E-state index contributed by atoms with van der Waals surface area (Å²) in [5, 5.41) is 4.58. The van der Waals surface area contributed by atoms with Gasteiger partial charge in [0.25, 0.3) is 0 Å². The molecular formula is C13H17N3O2. The van der Waals surface area contributed by atoms with E-state index in [4.69, 9.17) is 0 Å². The van der Waals surface area contributed by atoms with E-state index in [0.717, 1.165) is 16.9 Å². The van der Waals surface area contributed by atoms with Crippen LogP contribution in [0, 0.1) is 12.8 Å². The van der Waals surface area contributed by atoms with Gasteiger partial charge in [-0.1, -0.05) is 6.92 Å². The molecule has 1 aromatic carbocycles. The summed E-state index contributed by atoms with van der Waals surface area (Å²) in [6, 6.07) is 5.63. The number of rotatable bonds is 2. The van der Waals surface area contributed by atoms with Crippen molar-refractivity contribution in [1.29, 1.82) is 0 Å². The molecule has 0 spiro atoms. The highest BCUT2D eigenvalue weighted by molar-refractivity contribution is 5.89. The first-order valence-corrected chi connectivity index (χ1v) is 5.93. The van der Waals surface area contributed by atoms with Gasteiger partial charge in [-0.3, -0.25) is 20.0 Å². The molecule has 18 heavy (non-hydrogen) atoms. The maximum Gasteiger partial charge on any atom is 0.243 e. The number of anilines is 2. The number of hydrazine groups is 1. The summed E-state index contributed by atoms with van der Waals surface area (Å²) in [5.41, 5.74) is 5.56.